The molecule has 2 N–H and O–H groups in total. The van der Waals surface area contributed by atoms with Gasteiger partial charge in [-0.15, -0.1) is 0 Å². The standard InChI is InChI=1S/C17H10F4N2O3/c18-12-6-4-10(5-7-12)15(24)14(9-22)16(25)23-26-13-3-1-2-11(8-13)17(19,20)21/h1-8,24H,(H,23,25)/b15-14+. The van der Waals surface area contributed by atoms with Crippen molar-refractivity contribution in [1.82, 2.24) is 5.48 Å². The average molecular weight is 366 g/mol. The van der Waals surface area contributed by atoms with Crippen LogP contribution in [-0.2, 0) is 11.0 Å². The van der Waals surface area contributed by atoms with Gasteiger partial charge in [-0.25, -0.2) is 4.39 Å². The van der Waals surface area contributed by atoms with Gasteiger partial charge in [-0.2, -0.15) is 23.9 Å². The molecule has 2 aromatic carbocycles. The highest BCUT2D eigenvalue weighted by atomic mass is 19.4. The maximum atomic E-state index is 12.9. The predicted molar refractivity (Wildman–Crippen MR) is 81.8 cm³/mol. The van der Waals surface area contributed by atoms with Crippen LogP contribution < -0.4 is 10.3 Å². The number of amides is 1. The summed E-state index contributed by atoms with van der Waals surface area (Å²) in [7, 11) is 0. The normalized spacial score (nSPS) is 12.0. The number of carbonyl (C=O) groups is 1. The van der Waals surface area contributed by atoms with E-state index in [9.17, 15) is 27.5 Å². The molecular formula is C17H10F4N2O3. The molecule has 0 atom stereocenters. The molecule has 0 bridgehead atoms. The Balaban J connectivity index is 2.16. The summed E-state index contributed by atoms with van der Waals surface area (Å²) < 4.78 is 50.7. The highest BCUT2D eigenvalue weighted by molar-refractivity contribution is 6.03. The van der Waals surface area contributed by atoms with Gasteiger partial charge in [0.15, 0.2) is 11.3 Å². The number of nitrogens with one attached hydrogen (secondary N) is 1. The lowest BCUT2D eigenvalue weighted by atomic mass is 10.1. The monoisotopic (exact) mass is 366 g/mol. The van der Waals surface area contributed by atoms with Crippen LogP contribution in [0.4, 0.5) is 17.6 Å². The van der Waals surface area contributed by atoms with E-state index in [4.69, 9.17) is 10.1 Å². The van der Waals surface area contributed by atoms with Crippen molar-refractivity contribution in [3.05, 3.63) is 71.0 Å². The van der Waals surface area contributed by atoms with Crippen LogP contribution in [0.1, 0.15) is 11.1 Å². The molecule has 0 aromatic heterocycles. The number of hydrogen-bond donors (Lipinski definition) is 2. The number of halogens is 4. The van der Waals surface area contributed by atoms with Gasteiger partial charge in [0.1, 0.15) is 17.6 Å². The fourth-order valence-corrected chi connectivity index (χ4v) is 1.86. The molecule has 0 saturated carbocycles. The fourth-order valence-electron chi connectivity index (χ4n) is 1.86. The van der Waals surface area contributed by atoms with Gasteiger partial charge in [-0.05, 0) is 42.5 Å². The van der Waals surface area contributed by atoms with Crippen molar-refractivity contribution in [2.24, 2.45) is 0 Å². The van der Waals surface area contributed by atoms with Gasteiger partial charge in [0.05, 0.1) is 5.56 Å². The quantitative estimate of drug-likeness (QED) is 0.284. The van der Waals surface area contributed by atoms with Crippen LogP contribution in [-0.4, -0.2) is 11.0 Å². The zero-order valence-corrected chi connectivity index (χ0v) is 12.8. The first-order valence-electron chi connectivity index (χ1n) is 6.96. The number of nitriles is 1. The van der Waals surface area contributed by atoms with Crippen molar-refractivity contribution in [2.45, 2.75) is 6.18 Å². The summed E-state index contributed by atoms with van der Waals surface area (Å²) in [5, 5.41) is 19.0. The van der Waals surface area contributed by atoms with E-state index in [1.165, 1.54) is 6.07 Å². The summed E-state index contributed by atoms with van der Waals surface area (Å²) in [5.74, 6) is -2.84. The minimum Gasteiger partial charge on any atom is -0.506 e. The number of benzene rings is 2. The van der Waals surface area contributed by atoms with Gasteiger partial charge in [-0.3, -0.25) is 4.79 Å². The lowest BCUT2D eigenvalue weighted by Crippen LogP contribution is -2.28. The van der Waals surface area contributed by atoms with Crippen molar-refractivity contribution in [1.29, 1.82) is 5.26 Å². The van der Waals surface area contributed by atoms with E-state index in [1.807, 2.05) is 0 Å². The van der Waals surface area contributed by atoms with E-state index in [0.29, 0.717) is 6.07 Å². The topological polar surface area (TPSA) is 82.4 Å². The van der Waals surface area contributed by atoms with Crippen molar-refractivity contribution in [2.75, 3.05) is 0 Å². The molecule has 9 heteroatoms. The van der Waals surface area contributed by atoms with E-state index in [-0.39, 0.29) is 11.3 Å². The lowest BCUT2D eigenvalue weighted by molar-refractivity contribution is -0.137. The second-order valence-electron chi connectivity index (χ2n) is 4.90. The Hall–Kier alpha value is -3.54. The molecule has 0 aliphatic carbocycles. The third-order valence-electron chi connectivity index (χ3n) is 3.12. The van der Waals surface area contributed by atoms with Crippen molar-refractivity contribution in [3.63, 3.8) is 0 Å². The number of rotatable bonds is 4. The molecule has 134 valence electrons. The van der Waals surface area contributed by atoms with Crippen LogP contribution in [0.3, 0.4) is 0 Å². The molecule has 0 aliphatic rings. The number of aliphatic hydroxyl groups is 1. The summed E-state index contributed by atoms with van der Waals surface area (Å²) in [6.07, 6.45) is -4.60. The zero-order chi connectivity index (χ0) is 19.3. The molecule has 0 spiro atoms. The molecule has 26 heavy (non-hydrogen) atoms. The van der Waals surface area contributed by atoms with Crippen LogP contribution in [0.15, 0.2) is 54.1 Å². The number of aliphatic hydroxyl groups excluding tert-OH is 1. The Labute approximate surface area is 144 Å². The molecule has 0 saturated heterocycles. The molecule has 0 aliphatic heterocycles. The average Bonchev–Trinajstić information content (AvgIpc) is 2.60. The second kappa shape index (κ2) is 7.57. The van der Waals surface area contributed by atoms with E-state index < -0.39 is 34.8 Å². The molecule has 2 aromatic rings. The molecule has 5 nitrogen and oxygen atoms in total. The summed E-state index contributed by atoms with van der Waals surface area (Å²) in [5.41, 5.74) is 0.0155. The largest absolute Gasteiger partial charge is 0.506 e. The van der Waals surface area contributed by atoms with Gasteiger partial charge in [0.2, 0.25) is 0 Å². The van der Waals surface area contributed by atoms with Crippen molar-refractivity contribution >= 4 is 11.7 Å². The van der Waals surface area contributed by atoms with Crippen molar-refractivity contribution < 1.29 is 32.3 Å². The Kier molecular flexibility index (Phi) is 5.47. The molecule has 0 unspecified atom stereocenters. The van der Waals surface area contributed by atoms with E-state index in [1.54, 1.807) is 5.48 Å². The third-order valence-corrected chi connectivity index (χ3v) is 3.12. The Morgan fingerprint density at radius 2 is 1.81 bits per heavy atom. The maximum absolute atomic E-state index is 12.9. The SMILES string of the molecule is N#C/C(C(=O)NOc1cccc(C(F)(F)F)c1)=C(\O)c1ccc(F)cc1. The van der Waals surface area contributed by atoms with Crippen molar-refractivity contribution in [3.8, 4) is 11.8 Å². The Morgan fingerprint density at radius 3 is 2.38 bits per heavy atom. The summed E-state index contributed by atoms with van der Waals surface area (Å²) >= 11 is 0. The summed E-state index contributed by atoms with van der Waals surface area (Å²) in [6, 6.07) is 9.45. The first kappa shape index (κ1) is 18.8. The van der Waals surface area contributed by atoms with Crippen LogP contribution in [0, 0.1) is 17.1 Å². The summed E-state index contributed by atoms with van der Waals surface area (Å²) in [6.45, 7) is 0. The van der Waals surface area contributed by atoms with Crippen LogP contribution in [0.25, 0.3) is 5.76 Å². The minimum atomic E-state index is -4.60. The van der Waals surface area contributed by atoms with Crippen LogP contribution in [0.2, 0.25) is 0 Å². The first-order chi connectivity index (χ1) is 12.2. The molecule has 0 radical (unpaired) electrons. The number of hydroxylamine groups is 1. The molecule has 0 heterocycles. The smallest absolute Gasteiger partial charge is 0.416 e. The molecular weight excluding hydrogens is 356 g/mol. The Bertz CT molecular complexity index is 884. The maximum Gasteiger partial charge on any atom is 0.416 e. The highest BCUT2D eigenvalue weighted by Gasteiger charge is 2.30. The lowest BCUT2D eigenvalue weighted by Gasteiger charge is -2.10. The van der Waals surface area contributed by atoms with Gasteiger partial charge in [-0.1, -0.05) is 6.07 Å². The number of hydrogen-bond acceptors (Lipinski definition) is 4. The van der Waals surface area contributed by atoms with Gasteiger partial charge < -0.3 is 9.94 Å². The zero-order valence-electron chi connectivity index (χ0n) is 12.8. The fraction of sp³-hybridized carbons (Fsp3) is 0.0588. The first-order valence-corrected chi connectivity index (χ1v) is 6.96. The molecule has 1 amide bonds. The second-order valence-corrected chi connectivity index (χ2v) is 4.90. The minimum absolute atomic E-state index is 0.00262. The molecule has 2 rings (SSSR count). The number of nitrogens with zero attached hydrogens (tertiary/aromatic N) is 1. The van der Waals surface area contributed by atoms with Gasteiger partial charge in [0.25, 0.3) is 5.91 Å². The Morgan fingerprint density at radius 1 is 1.15 bits per heavy atom. The number of alkyl halides is 3. The van der Waals surface area contributed by atoms with Gasteiger partial charge >= 0.3 is 6.18 Å². The van der Waals surface area contributed by atoms with E-state index in [2.05, 4.69) is 0 Å². The van der Waals surface area contributed by atoms with Crippen LogP contribution in [0.5, 0.6) is 5.75 Å². The van der Waals surface area contributed by atoms with E-state index in [0.717, 1.165) is 42.5 Å². The third kappa shape index (κ3) is 4.51. The number of carbonyl (C=O) groups excluding carboxylic acids is 1. The van der Waals surface area contributed by atoms with Gasteiger partial charge in [0, 0.05) is 5.56 Å². The molecule has 0 fully saturated rings. The van der Waals surface area contributed by atoms with Crippen LogP contribution >= 0.6 is 0 Å². The highest BCUT2D eigenvalue weighted by Crippen LogP contribution is 2.31. The summed E-state index contributed by atoms with van der Waals surface area (Å²) in [4.78, 5) is 16.7. The van der Waals surface area contributed by atoms with E-state index >= 15 is 0 Å². The predicted octanol–water partition coefficient (Wildman–Crippen LogP) is 3.75.